The van der Waals surface area contributed by atoms with Crippen LogP contribution < -0.4 is 0 Å². The van der Waals surface area contributed by atoms with Crippen molar-refractivity contribution < 1.29 is 4.55 Å². The predicted molar refractivity (Wildman–Crippen MR) is 45.3 cm³/mol. The van der Waals surface area contributed by atoms with Crippen LogP contribution in [0.3, 0.4) is 0 Å². The van der Waals surface area contributed by atoms with Gasteiger partial charge in [-0.3, -0.25) is 0 Å². The number of rotatable bonds is 1. The van der Waals surface area contributed by atoms with E-state index in [0.29, 0.717) is 0 Å². The molecular weight excluding hydrogens is 212 g/mol. The van der Waals surface area contributed by atoms with Gasteiger partial charge < -0.3 is 4.55 Å². The molecule has 3 heteroatoms. The predicted octanol–water partition coefficient (Wildman–Crippen LogP) is 1.99. The van der Waals surface area contributed by atoms with E-state index in [1.54, 1.807) is 12.3 Å². The van der Waals surface area contributed by atoms with Crippen molar-refractivity contribution in [1.29, 1.82) is 0 Å². The molecule has 0 aliphatic rings. The minimum Gasteiger partial charge on any atom is -0.612 e. The summed E-state index contributed by atoms with van der Waals surface area (Å²) in [6.45, 7) is 0. The van der Waals surface area contributed by atoms with Crippen LogP contribution in [0.2, 0.25) is 0 Å². The van der Waals surface area contributed by atoms with E-state index >= 15 is 0 Å². The van der Waals surface area contributed by atoms with Gasteiger partial charge in [-0.2, -0.15) is 0 Å². The molecule has 0 aliphatic carbocycles. The molecule has 53 valence electrons. The SMILES string of the molecule is C[S+]([O-])c1[c]c(Br)ccc1. The van der Waals surface area contributed by atoms with Gasteiger partial charge in [0.2, 0.25) is 0 Å². The standard InChI is InChI=1S/C7H6BrOS/c1-10(9)7-4-2-3-6(8)5-7/h2-4H,1H3. The minimum absolute atomic E-state index is 0.731. The second kappa shape index (κ2) is 3.42. The van der Waals surface area contributed by atoms with Gasteiger partial charge in [-0.1, -0.05) is 6.07 Å². The number of benzene rings is 1. The van der Waals surface area contributed by atoms with Gasteiger partial charge in [0.25, 0.3) is 0 Å². The smallest absolute Gasteiger partial charge is 0.161 e. The summed E-state index contributed by atoms with van der Waals surface area (Å²) in [5, 5.41) is 0. The summed E-state index contributed by atoms with van der Waals surface area (Å²) in [5.74, 6) is 0. The average Bonchev–Trinajstić information content (AvgIpc) is 1.88. The van der Waals surface area contributed by atoms with Crippen molar-refractivity contribution in [3.8, 4) is 0 Å². The Morgan fingerprint density at radius 2 is 2.30 bits per heavy atom. The largest absolute Gasteiger partial charge is 0.612 e. The van der Waals surface area contributed by atoms with Crippen molar-refractivity contribution in [2.45, 2.75) is 4.90 Å². The summed E-state index contributed by atoms with van der Waals surface area (Å²) in [5.41, 5.74) is 0. The Morgan fingerprint density at radius 1 is 1.60 bits per heavy atom. The lowest BCUT2D eigenvalue weighted by molar-refractivity contribution is 0.600. The Balaban J connectivity index is 2.96. The Labute approximate surface area is 71.8 Å². The zero-order valence-electron chi connectivity index (χ0n) is 5.43. The quantitative estimate of drug-likeness (QED) is 0.661. The van der Waals surface area contributed by atoms with Crippen LogP contribution in [0.1, 0.15) is 0 Å². The fourth-order valence-electron chi connectivity index (χ4n) is 0.589. The van der Waals surface area contributed by atoms with Crippen LogP contribution in [0.4, 0.5) is 0 Å². The van der Waals surface area contributed by atoms with Crippen molar-refractivity contribution >= 4 is 27.1 Å². The molecule has 0 spiro atoms. The third-order valence-corrected chi connectivity index (χ3v) is 2.36. The molecule has 1 atom stereocenters. The van der Waals surface area contributed by atoms with Crippen molar-refractivity contribution in [3.05, 3.63) is 28.7 Å². The Kier molecular flexibility index (Phi) is 2.77. The first-order valence-corrected chi connectivity index (χ1v) is 5.06. The van der Waals surface area contributed by atoms with Gasteiger partial charge in [0.15, 0.2) is 4.90 Å². The summed E-state index contributed by atoms with van der Waals surface area (Å²) in [4.78, 5) is 0.731. The molecule has 0 fully saturated rings. The molecule has 10 heavy (non-hydrogen) atoms. The van der Waals surface area contributed by atoms with Crippen molar-refractivity contribution in [3.63, 3.8) is 0 Å². The third-order valence-electron chi connectivity index (χ3n) is 1.04. The molecule has 0 N–H and O–H groups in total. The molecule has 0 bridgehead atoms. The van der Waals surface area contributed by atoms with Crippen LogP contribution in [0, 0.1) is 6.07 Å². The zero-order valence-corrected chi connectivity index (χ0v) is 7.83. The molecule has 1 nitrogen and oxygen atoms in total. The molecule has 0 heterocycles. The molecule has 0 aliphatic heterocycles. The van der Waals surface area contributed by atoms with E-state index in [1.165, 1.54) is 0 Å². The van der Waals surface area contributed by atoms with E-state index in [2.05, 4.69) is 22.0 Å². The first kappa shape index (κ1) is 8.11. The fourth-order valence-corrected chi connectivity index (χ4v) is 1.61. The van der Waals surface area contributed by atoms with Crippen molar-refractivity contribution in [2.75, 3.05) is 6.26 Å². The zero-order chi connectivity index (χ0) is 7.56. The van der Waals surface area contributed by atoms with E-state index in [9.17, 15) is 4.55 Å². The van der Waals surface area contributed by atoms with Gasteiger partial charge in [0, 0.05) is 4.47 Å². The summed E-state index contributed by atoms with van der Waals surface area (Å²) in [7, 11) is 0. The molecule has 1 aromatic rings. The van der Waals surface area contributed by atoms with Crippen LogP contribution in [0.5, 0.6) is 0 Å². The van der Waals surface area contributed by atoms with Gasteiger partial charge in [0.05, 0.1) is 6.07 Å². The summed E-state index contributed by atoms with van der Waals surface area (Å²) >= 11 is 2.32. The summed E-state index contributed by atoms with van der Waals surface area (Å²) in [6.07, 6.45) is 1.64. The highest BCUT2D eigenvalue weighted by atomic mass is 79.9. The van der Waals surface area contributed by atoms with E-state index in [1.807, 2.05) is 12.1 Å². The number of hydrogen-bond acceptors (Lipinski definition) is 1. The molecular formula is C7H6BrOS. The Hall–Kier alpha value is 0.01000. The summed E-state index contributed by atoms with van der Waals surface area (Å²) in [6, 6.07) is 8.42. The van der Waals surface area contributed by atoms with Gasteiger partial charge >= 0.3 is 0 Å². The molecule has 1 unspecified atom stereocenters. The van der Waals surface area contributed by atoms with Crippen molar-refractivity contribution in [1.82, 2.24) is 0 Å². The monoisotopic (exact) mass is 217 g/mol. The second-order valence-corrected chi connectivity index (χ2v) is 4.02. The highest BCUT2D eigenvalue weighted by molar-refractivity contribution is 9.10. The van der Waals surface area contributed by atoms with Crippen LogP contribution in [0.25, 0.3) is 0 Å². The average molecular weight is 218 g/mol. The molecule has 0 amide bonds. The first-order chi connectivity index (χ1) is 4.70. The van der Waals surface area contributed by atoms with E-state index in [0.717, 1.165) is 9.37 Å². The lowest BCUT2D eigenvalue weighted by Gasteiger charge is -2.02. The van der Waals surface area contributed by atoms with Gasteiger partial charge in [0.1, 0.15) is 6.26 Å². The van der Waals surface area contributed by atoms with Crippen molar-refractivity contribution in [2.24, 2.45) is 0 Å². The minimum atomic E-state index is -0.925. The Bertz CT molecular complexity index is 225. The first-order valence-electron chi connectivity index (χ1n) is 2.71. The van der Waals surface area contributed by atoms with Gasteiger partial charge in [-0.15, -0.1) is 0 Å². The van der Waals surface area contributed by atoms with Gasteiger partial charge in [-0.05, 0) is 39.2 Å². The molecule has 0 aromatic heterocycles. The van der Waals surface area contributed by atoms with Crippen LogP contribution in [-0.4, -0.2) is 10.8 Å². The topological polar surface area (TPSA) is 23.1 Å². The van der Waals surface area contributed by atoms with E-state index in [-0.39, 0.29) is 0 Å². The molecule has 1 aromatic carbocycles. The van der Waals surface area contributed by atoms with E-state index in [4.69, 9.17) is 0 Å². The third kappa shape index (κ3) is 2.01. The lowest BCUT2D eigenvalue weighted by atomic mass is 10.4. The maximum Gasteiger partial charge on any atom is 0.161 e. The molecule has 0 saturated heterocycles. The normalized spacial score (nSPS) is 13.1. The lowest BCUT2D eigenvalue weighted by Crippen LogP contribution is -1.96. The Morgan fingerprint density at radius 3 is 2.70 bits per heavy atom. The summed E-state index contributed by atoms with van der Waals surface area (Å²) < 4.78 is 11.7. The van der Waals surface area contributed by atoms with Crippen LogP contribution in [-0.2, 0) is 11.2 Å². The number of halogens is 1. The van der Waals surface area contributed by atoms with Crippen LogP contribution >= 0.6 is 15.9 Å². The fraction of sp³-hybridized carbons (Fsp3) is 0.143. The van der Waals surface area contributed by atoms with E-state index < -0.39 is 11.2 Å². The van der Waals surface area contributed by atoms with Crippen LogP contribution in [0.15, 0.2) is 27.6 Å². The maximum absolute atomic E-state index is 10.9. The second-order valence-electron chi connectivity index (χ2n) is 1.82. The highest BCUT2D eigenvalue weighted by Gasteiger charge is 2.02. The number of hydrogen-bond donors (Lipinski definition) is 0. The van der Waals surface area contributed by atoms with Gasteiger partial charge in [-0.25, -0.2) is 0 Å². The maximum atomic E-state index is 10.9. The molecule has 1 rings (SSSR count). The molecule has 1 radical (unpaired) electrons. The molecule has 0 saturated carbocycles. The highest BCUT2D eigenvalue weighted by Crippen LogP contribution is 2.14.